The van der Waals surface area contributed by atoms with Crippen LogP contribution in [0.5, 0.6) is 0 Å². The van der Waals surface area contributed by atoms with E-state index in [1.165, 1.54) is 16.7 Å². The molecule has 0 bridgehead atoms. The summed E-state index contributed by atoms with van der Waals surface area (Å²) < 4.78 is 2.10. The molecular formula is C17H24N4. The highest BCUT2D eigenvalue weighted by Crippen LogP contribution is 2.17. The molecule has 0 aliphatic carbocycles. The first-order valence-electron chi connectivity index (χ1n) is 7.64. The van der Waals surface area contributed by atoms with E-state index >= 15 is 0 Å². The van der Waals surface area contributed by atoms with E-state index in [9.17, 15) is 0 Å². The van der Waals surface area contributed by atoms with Crippen LogP contribution in [0.15, 0.2) is 30.6 Å². The largest absolute Gasteiger partial charge is 0.340 e. The average molecular weight is 284 g/mol. The first kappa shape index (κ1) is 14.1. The summed E-state index contributed by atoms with van der Waals surface area (Å²) in [6.45, 7) is 9.73. The van der Waals surface area contributed by atoms with Gasteiger partial charge in [-0.2, -0.15) is 0 Å². The number of hydrogen-bond acceptors (Lipinski definition) is 3. The predicted octanol–water partition coefficient (Wildman–Crippen LogP) is 2.36. The normalized spacial score (nSPS) is 16.4. The molecule has 3 rings (SSSR count). The molecule has 1 fully saturated rings. The summed E-state index contributed by atoms with van der Waals surface area (Å²) in [6, 6.07) is 6.74. The smallest absolute Gasteiger partial charge is 0.205 e. The van der Waals surface area contributed by atoms with Gasteiger partial charge in [-0.1, -0.05) is 23.8 Å². The highest BCUT2D eigenvalue weighted by atomic mass is 15.3. The van der Waals surface area contributed by atoms with Crippen LogP contribution in [0.1, 0.15) is 16.7 Å². The molecule has 2 aromatic rings. The van der Waals surface area contributed by atoms with Gasteiger partial charge < -0.3 is 9.47 Å². The van der Waals surface area contributed by atoms with Crippen LogP contribution in [-0.2, 0) is 13.6 Å². The predicted molar refractivity (Wildman–Crippen MR) is 86.6 cm³/mol. The summed E-state index contributed by atoms with van der Waals surface area (Å²) in [5.74, 6) is 1.08. The average Bonchev–Trinajstić information content (AvgIpc) is 2.90. The molecule has 0 saturated carbocycles. The van der Waals surface area contributed by atoms with Gasteiger partial charge in [0.2, 0.25) is 5.95 Å². The van der Waals surface area contributed by atoms with Gasteiger partial charge in [-0.3, -0.25) is 4.90 Å². The van der Waals surface area contributed by atoms with Crippen LogP contribution < -0.4 is 4.90 Å². The molecule has 0 atom stereocenters. The summed E-state index contributed by atoms with van der Waals surface area (Å²) in [6.07, 6.45) is 3.88. The number of aromatic nitrogens is 2. The van der Waals surface area contributed by atoms with Crippen molar-refractivity contribution in [3.05, 3.63) is 47.3 Å². The molecule has 0 spiro atoms. The quantitative estimate of drug-likeness (QED) is 0.865. The molecule has 112 valence electrons. The molecule has 0 unspecified atom stereocenters. The van der Waals surface area contributed by atoms with Gasteiger partial charge in [0.1, 0.15) is 0 Å². The first-order valence-corrected chi connectivity index (χ1v) is 7.64. The Bertz CT molecular complexity index is 609. The zero-order valence-electron chi connectivity index (χ0n) is 13.2. The summed E-state index contributed by atoms with van der Waals surface area (Å²) in [4.78, 5) is 9.36. The van der Waals surface area contributed by atoms with E-state index in [2.05, 4.69) is 58.4 Å². The Hall–Kier alpha value is -1.81. The van der Waals surface area contributed by atoms with Gasteiger partial charge >= 0.3 is 0 Å². The second-order valence-electron chi connectivity index (χ2n) is 6.03. The fourth-order valence-electron chi connectivity index (χ4n) is 2.98. The Labute approximate surface area is 127 Å². The van der Waals surface area contributed by atoms with Gasteiger partial charge in [-0.05, 0) is 25.0 Å². The molecule has 1 aliphatic heterocycles. The Morgan fingerprint density at radius 3 is 2.52 bits per heavy atom. The zero-order valence-corrected chi connectivity index (χ0v) is 13.2. The third kappa shape index (κ3) is 3.10. The Morgan fingerprint density at radius 2 is 1.86 bits per heavy atom. The number of rotatable bonds is 3. The van der Waals surface area contributed by atoms with E-state index in [0.29, 0.717) is 0 Å². The van der Waals surface area contributed by atoms with Crippen molar-refractivity contribution < 1.29 is 0 Å². The second kappa shape index (κ2) is 5.90. The highest BCUT2D eigenvalue weighted by molar-refractivity contribution is 5.33. The van der Waals surface area contributed by atoms with Crippen LogP contribution in [-0.4, -0.2) is 40.6 Å². The van der Waals surface area contributed by atoms with Gasteiger partial charge in [-0.25, -0.2) is 4.98 Å². The van der Waals surface area contributed by atoms with Crippen molar-refractivity contribution in [1.82, 2.24) is 14.5 Å². The number of hydrogen-bond donors (Lipinski definition) is 0. The van der Waals surface area contributed by atoms with E-state index in [0.717, 1.165) is 38.7 Å². The Morgan fingerprint density at radius 1 is 1.10 bits per heavy atom. The summed E-state index contributed by atoms with van der Waals surface area (Å²) in [5, 5.41) is 0. The van der Waals surface area contributed by atoms with Crippen LogP contribution in [0.3, 0.4) is 0 Å². The lowest BCUT2D eigenvalue weighted by Gasteiger charge is -2.35. The second-order valence-corrected chi connectivity index (χ2v) is 6.03. The fraction of sp³-hybridized carbons (Fsp3) is 0.471. The number of imidazole rings is 1. The summed E-state index contributed by atoms with van der Waals surface area (Å²) >= 11 is 0. The molecule has 1 aromatic heterocycles. The molecular weight excluding hydrogens is 260 g/mol. The molecule has 1 aliphatic rings. The summed E-state index contributed by atoms with van der Waals surface area (Å²) in [5.41, 5.74) is 4.20. The minimum Gasteiger partial charge on any atom is -0.340 e. The third-order valence-corrected chi connectivity index (χ3v) is 4.35. The molecule has 1 aromatic carbocycles. The number of benzene rings is 1. The molecule has 21 heavy (non-hydrogen) atoms. The monoisotopic (exact) mass is 284 g/mol. The molecule has 0 N–H and O–H groups in total. The zero-order chi connectivity index (χ0) is 14.8. The van der Waals surface area contributed by atoms with Crippen molar-refractivity contribution in [2.24, 2.45) is 7.05 Å². The van der Waals surface area contributed by atoms with Gasteiger partial charge in [-0.15, -0.1) is 0 Å². The van der Waals surface area contributed by atoms with E-state index < -0.39 is 0 Å². The first-order chi connectivity index (χ1) is 10.1. The maximum absolute atomic E-state index is 4.44. The summed E-state index contributed by atoms with van der Waals surface area (Å²) in [7, 11) is 2.06. The topological polar surface area (TPSA) is 24.3 Å². The van der Waals surface area contributed by atoms with Crippen molar-refractivity contribution in [2.75, 3.05) is 31.1 Å². The van der Waals surface area contributed by atoms with E-state index in [-0.39, 0.29) is 0 Å². The molecule has 1 saturated heterocycles. The highest BCUT2D eigenvalue weighted by Gasteiger charge is 2.19. The molecule has 0 radical (unpaired) electrons. The molecule has 0 amide bonds. The number of aryl methyl sites for hydroxylation is 3. The van der Waals surface area contributed by atoms with E-state index in [4.69, 9.17) is 0 Å². The van der Waals surface area contributed by atoms with Gasteiger partial charge in [0.25, 0.3) is 0 Å². The lowest BCUT2D eigenvalue weighted by Crippen LogP contribution is -2.46. The van der Waals surface area contributed by atoms with Gasteiger partial charge in [0.05, 0.1) is 0 Å². The van der Waals surface area contributed by atoms with Crippen LogP contribution in [0.25, 0.3) is 0 Å². The van der Waals surface area contributed by atoms with E-state index in [1.807, 2.05) is 12.4 Å². The van der Waals surface area contributed by atoms with Crippen molar-refractivity contribution in [2.45, 2.75) is 20.4 Å². The van der Waals surface area contributed by atoms with Crippen LogP contribution in [0.4, 0.5) is 5.95 Å². The maximum atomic E-state index is 4.44. The van der Waals surface area contributed by atoms with Crippen molar-refractivity contribution >= 4 is 5.95 Å². The van der Waals surface area contributed by atoms with Gasteiger partial charge in [0.15, 0.2) is 0 Å². The van der Waals surface area contributed by atoms with Crippen molar-refractivity contribution in [3.63, 3.8) is 0 Å². The van der Waals surface area contributed by atoms with E-state index in [1.54, 1.807) is 0 Å². The minimum atomic E-state index is 1.05. The third-order valence-electron chi connectivity index (χ3n) is 4.35. The number of piperazine rings is 1. The van der Waals surface area contributed by atoms with Crippen LogP contribution >= 0.6 is 0 Å². The minimum absolute atomic E-state index is 1.05. The van der Waals surface area contributed by atoms with Crippen molar-refractivity contribution in [1.29, 1.82) is 0 Å². The molecule has 2 heterocycles. The van der Waals surface area contributed by atoms with Gasteiger partial charge in [0, 0.05) is 52.2 Å². The maximum Gasteiger partial charge on any atom is 0.205 e. The van der Waals surface area contributed by atoms with Crippen LogP contribution in [0.2, 0.25) is 0 Å². The Kier molecular flexibility index (Phi) is 3.97. The molecule has 4 heteroatoms. The number of anilines is 1. The fourth-order valence-corrected chi connectivity index (χ4v) is 2.98. The number of nitrogens with zero attached hydrogens (tertiary/aromatic N) is 4. The Balaban J connectivity index is 1.61. The standard InChI is InChI=1S/C17H24N4/c1-14-4-5-15(2)16(12-14)13-20-8-10-21(11-9-20)17-18-6-7-19(17)3/h4-7,12H,8-11,13H2,1-3H3. The lowest BCUT2D eigenvalue weighted by molar-refractivity contribution is 0.248. The molecule has 4 nitrogen and oxygen atoms in total. The van der Waals surface area contributed by atoms with Crippen LogP contribution in [0, 0.1) is 13.8 Å². The lowest BCUT2D eigenvalue weighted by atomic mass is 10.0. The van der Waals surface area contributed by atoms with Crippen molar-refractivity contribution in [3.8, 4) is 0 Å². The SMILES string of the molecule is Cc1ccc(C)c(CN2CCN(c3nccn3C)CC2)c1.